The molecule has 0 amide bonds. The maximum atomic E-state index is 12.4. The Balaban J connectivity index is 0.000000573. The first kappa shape index (κ1) is 79.6. The molecule has 85 heavy (non-hydrogen) atoms. The summed E-state index contributed by atoms with van der Waals surface area (Å²) in [6, 6.07) is 19.7. The second kappa shape index (κ2) is 52.1. The second-order valence-electron chi connectivity index (χ2n) is 25.6. The molecule has 6 nitrogen and oxygen atoms in total. The summed E-state index contributed by atoms with van der Waals surface area (Å²) in [7, 11) is -9.04. The summed E-state index contributed by atoms with van der Waals surface area (Å²) in [6.45, 7) is 9.06. The first-order chi connectivity index (χ1) is 41.0. The van der Waals surface area contributed by atoms with Gasteiger partial charge in [0.25, 0.3) is 0 Å². The molecule has 0 saturated heterocycles. The van der Waals surface area contributed by atoms with Gasteiger partial charge in [-0.15, -0.1) is 0 Å². The number of aryl methyl sites for hydroxylation is 4. The average molecular weight is 1240 g/mol. The number of unbranched alkanes of at least 4 members (excludes halogenated alkanes) is 44. The minimum atomic E-state index is -4.52. The third kappa shape index (κ3) is 36.8. The van der Waals surface area contributed by atoms with Crippen LogP contribution >= 0.6 is 0 Å². The molecule has 0 aliphatic heterocycles. The zero-order valence-corrected chi connectivity index (χ0v) is 59.4. The van der Waals surface area contributed by atoms with Crippen LogP contribution in [0.3, 0.4) is 0 Å². The third-order valence-corrected chi connectivity index (χ3v) is 19.9. The monoisotopic (exact) mass is 1240 g/mol. The van der Waals surface area contributed by atoms with Crippen LogP contribution in [-0.2, 0) is 45.9 Å². The maximum absolute atomic E-state index is 12.4. The molecule has 0 atom stereocenters. The maximum Gasteiger partial charge on any atom is 2.00 e. The van der Waals surface area contributed by atoms with Gasteiger partial charge in [-0.1, -0.05) is 359 Å². The molecule has 0 fully saturated rings. The summed E-state index contributed by atoms with van der Waals surface area (Å²) in [5.41, 5.74) is 3.52. The van der Waals surface area contributed by atoms with Gasteiger partial charge in [0.1, 0.15) is 20.2 Å². The van der Waals surface area contributed by atoms with Gasteiger partial charge in [-0.25, -0.2) is 16.8 Å². The molecule has 9 heteroatoms. The zero-order valence-electron chi connectivity index (χ0n) is 55.5. The summed E-state index contributed by atoms with van der Waals surface area (Å²) in [6.07, 6.45) is 64.7. The predicted molar refractivity (Wildman–Crippen MR) is 369 cm³/mol. The molecule has 4 rings (SSSR count). The van der Waals surface area contributed by atoms with Gasteiger partial charge in [0, 0.05) is 0 Å². The van der Waals surface area contributed by atoms with Crippen LogP contribution in [0.4, 0.5) is 0 Å². The second-order valence-corrected chi connectivity index (χ2v) is 28.3. The van der Waals surface area contributed by atoms with Crippen molar-refractivity contribution in [3.63, 3.8) is 0 Å². The standard InChI is InChI=1S/2C38H64O3S.Ca/c2*1-3-5-7-9-11-13-15-17-19-21-23-25-29-34-33-38(42(39,40)41)37(36-31-28-27-30-35(34)36)32-26-24-22-20-18-16-14-12-10-8-6-4-2;/h2*27-28,30-31,33H,3-26,29,32H2,1-2H3,(H,39,40,41);/q;;+2/p-2. The Morgan fingerprint density at radius 3 is 0.635 bits per heavy atom. The molecule has 0 radical (unpaired) electrons. The van der Waals surface area contributed by atoms with Gasteiger partial charge in [-0.2, -0.15) is 0 Å². The van der Waals surface area contributed by atoms with E-state index in [-0.39, 0.29) is 47.5 Å². The first-order valence-corrected chi connectivity index (χ1v) is 38.8. The van der Waals surface area contributed by atoms with Crippen LogP contribution in [0.5, 0.6) is 0 Å². The van der Waals surface area contributed by atoms with E-state index in [9.17, 15) is 25.9 Å². The van der Waals surface area contributed by atoms with Crippen LogP contribution in [-0.4, -0.2) is 63.7 Å². The molecule has 4 aromatic carbocycles. The Kier molecular flexibility index (Phi) is 48.8. The van der Waals surface area contributed by atoms with Crippen molar-refractivity contribution in [2.75, 3.05) is 0 Å². The molecule has 0 saturated carbocycles. The van der Waals surface area contributed by atoms with Crippen molar-refractivity contribution in [2.45, 2.75) is 371 Å². The van der Waals surface area contributed by atoms with E-state index in [0.717, 1.165) is 108 Å². The minimum absolute atomic E-state index is 0. The quantitative estimate of drug-likeness (QED) is 0.0247. The molecule has 0 spiro atoms. The minimum Gasteiger partial charge on any atom is -0.744 e. The van der Waals surface area contributed by atoms with Gasteiger partial charge in [0.15, 0.2) is 0 Å². The Morgan fingerprint density at radius 1 is 0.259 bits per heavy atom. The van der Waals surface area contributed by atoms with Gasteiger partial charge >= 0.3 is 37.7 Å². The van der Waals surface area contributed by atoms with Crippen molar-refractivity contribution in [1.82, 2.24) is 0 Å². The summed E-state index contributed by atoms with van der Waals surface area (Å²) in [4.78, 5) is 0.0522. The van der Waals surface area contributed by atoms with Crippen LogP contribution in [0.1, 0.15) is 358 Å². The molecule has 0 aromatic heterocycles. The summed E-state index contributed by atoms with van der Waals surface area (Å²) >= 11 is 0. The van der Waals surface area contributed by atoms with Crippen LogP contribution in [0.2, 0.25) is 0 Å². The molecule has 0 bridgehead atoms. The van der Waals surface area contributed by atoms with E-state index in [4.69, 9.17) is 0 Å². The zero-order chi connectivity index (χ0) is 60.6. The smallest absolute Gasteiger partial charge is 0.744 e. The Hall–Kier alpha value is -1.52. The van der Waals surface area contributed by atoms with Crippen molar-refractivity contribution in [3.05, 3.63) is 82.9 Å². The molecule has 480 valence electrons. The van der Waals surface area contributed by atoms with Crippen LogP contribution in [0.25, 0.3) is 21.5 Å². The van der Waals surface area contributed by atoms with Gasteiger partial charge < -0.3 is 9.11 Å². The summed E-state index contributed by atoms with van der Waals surface area (Å²) < 4.78 is 74.3. The van der Waals surface area contributed by atoms with Crippen molar-refractivity contribution in [3.8, 4) is 0 Å². The number of hydrogen-bond donors (Lipinski definition) is 0. The number of fused-ring (bicyclic) bond motifs is 2. The molecule has 0 heterocycles. The Bertz CT molecular complexity index is 2300. The van der Waals surface area contributed by atoms with E-state index in [1.807, 2.05) is 36.4 Å². The average Bonchev–Trinajstić information content (AvgIpc) is 3.52. The van der Waals surface area contributed by atoms with Crippen LogP contribution in [0.15, 0.2) is 70.5 Å². The Morgan fingerprint density at radius 2 is 0.435 bits per heavy atom. The summed E-state index contributed by atoms with van der Waals surface area (Å²) in [5.74, 6) is 0. The third-order valence-electron chi connectivity index (χ3n) is 18.1. The number of benzene rings is 4. The van der Waals surface area contributed by atoms with Crippen molar-refractivity contribution in [2.24, 2.45) is 0 Å². The van der Waals surface area contributed by atoms with E-state index in [0.29, 0.717) is 12.8 Å². The van der Waals surface area contributed by atoms with E-state index in [1.165, 1.54) is 257 Å². The fourth-order valence-corrected chi connectivity index (χ4v) is 14.5. The molecule has 0 N–H and O–H groups in total. The van der Waals surface area contributed by atoms with E-state index in [1.54, 1.807) is 12.1 Å². The van der Waals surface area contributed by atoms with E-state index < -0.39 is 20.2 Å². The SMILES string of the molecule is CCCCCCCCCCCCCCc1cc(S(=O)(=O)[O-])c(CCCCCCCCCCCCCC)c2ccccc12.CCCCCCCCCCCCCCc1cc(S(=O)(=O)[O-])c(CCCCCCCCCCCCCC)c2ccccc12.[Ca+2]. The largest absolute Gasteiger partial charge is 2.00 e. The van der Waals surface area contributed by atoms with Crippen molar-refractivity contribution < 1.29 is 25.9 Å². The van der Waals surface area contributed by atoms with E-state index >= 15 is 0 Å². The molecule has 0 unspecified atom stereocenters. The van der Waals surface area contributed by atoms with Gasteiger partial charge in [0.05, 0.1) is 9.79 Å². The molecule has 0 aliphatic rings. The van der Waals surface area contributed by atoms with Crippen LogP contribution < -0.4 is 0 Å². The van der Waals surface area contributed by atoms with Gasteiger partial charge in [-0.05, 0) is 107 Å². The predicted octanol–water partition coefficient (Wildman–Crippen LogP) is 24.1. The Labute approximate surface area is 555 Å². The number of rotatable bonds is 54. The fourth-order valence-electron chi connectivity index (χ4n) is 12.9. The van der Waals surface area contributed by atoms with Crippen molar-refractivity contribution in [1.29, 1.82) is 0 Å². The molecule has 0 aliphatic carbocycles. The first-order valence-electron chi connectivity index (χ1n) is 36.0. The number of hydrogen-bond acceptors (Lipinski definition) is 6. The van der Waals surface area contributed by atoms with Gasteiger partial charge in [-0.3, -0.25) is 0 Å². The molecule has 4 aromatic rings. The van der Waals surface area contributed by atoms with Crippen LogP contribution in [0, 0.1) is 0 Å². The fraction of sp³-hybridized carbons (Fsp3) is 0.737. The molecular weight excluding hydrogens is 1110 g/mol. The topological polar surface area (TPSA) is 114 Å². The van der Waals surface area contributed by atoms with E-state index in [2.05, 4.69) is 39.8 Å². The van der Waals surface area contributed by atoms with Crippen molar-refractivity contribution >= 4 is 79.5 Å². The normalized spacial score (nSPS) is 11.8. The summed E-state index contributed by atoms with van der Waals surface area (Å²) in [5, 5.41) is 4.18. The van der Waals surface area contributed by atoms with Gasteiger partial charge in [0.2, 0.25) is 0 Å². The molecular formula is C76H126CaO6S2.